The summed E-state index contributed by atoms with van der Waals surface area (Å²) in [6, 6.07) is 0. The summed E-state index contributed by atoms with van der Waals surface area (Å²) in [7, 11) is 0. The Morgan fingerprint density at radius 1 is 0.720 bits per heavy atom. The zero-order valence-corrected chi connectivity index (χ0v) is 16.8. The van der Waals surface area contributed by atoms with Gasteiger partial charge in [0, 0.05) is 6.08 Å². The molecular formula is C23H42O2. The Bertz CT molecular complexity index is 320. The van der Waals surface area contributed by atoms with Gasteiger partial charge in [0.05, 0.1) is 6.61 Å². The van der Waals surface area contributed by atoms with Crippen molar-refractivity contribution in [3.63, 3.8) is 0 Å². The number of rotatable bonds is 19. The van der Waals surface area contributed by atoms with Crippen LogP contribution in [0.4, 0.5) is 0 Å². The van der Waals surface area contributed by atoms with E-state index < -0.39 is 0 Å². The molecule has 0 saturated carbocycles. The van der Waals surface area contributed by atoms with Crippen LogP contribution >= 0.6 is 0 Å². The van der Waals surface area contributed by atoms with Gasteiger partial charge in [0.1, 0.15) is 0 Å². The molecule has 0 aromatic carbocycles. The van der Waals surface area contributed by atoms with Crippen molar-refractivity contribution in [1.29, 1.82) is 0 Å². The van der Waals surface area contributed by atoms with E-state index in [-0.39, 0.29) is 5.97 Å². The molecule has 2 nitrogen and oxygen atoms in total. The van der Waals surface area contributed by atoms with E-state index >= 15 is 0 Å². The Hall–Kier alpha value is -1.05. The second-order valence-electron chi connectivity index (χ2n) is 7.02. The Morgan fingerprint density at radius 3 is 1.64 bits per heavy atom. The molecule has 0 bridgehead atoms. The Balaban J connectivity index is 3.07. The Morgan fingerprint density at radius 2 is 1.16 bits per heavy atom. The van der Waals surface area contributed by atoms with E-state index in [0.29, 0.717) is 6.61 Å². The zero-order chi connectivity index (χ0) is 18.4. The number of ether oxygens (including phenoxy) is 1. The van der Waals surface area contributed by atoms with E-state index in [9.17, 15) is 4.79 Å². The molecule has 0 rings (SSSR count). The lowest BCUT2D eigenvalue weighted by Gasteiger charge is -2.03. The maximum Gasteiger partial charge on any atom is 0.330 e. The Kier molecular flexibility index (Phi) is 20.1. The molecule has 146 valence electrons. The number of hydrogen-bond acceptors (Lipinski definition) is 2. The van der Waals surface area contributed by atoms with E-state index in [0.717, 1.165) is 12.8 Å². The van der Waals surface area contributed by atoms with E-state index in [1.165, 1.54) is 96.0 Å². The number of allylic oxidation sites excluding steroid dienone is 2. The molecule has 0 aliphatic carbocycles. The minimum atomic E-state index is -0.303. The lowest BCUT2D eigenvalue weighted by Crippen LogP contribution is -2.01. The lowest BCUT2D eigenvalue weighted by molar-refractivity contribution is -0.137. The van der Waals surface area contributed by atoms with Gasteiger partial charge in [0.2, 0.25) is 0 Å². The first-order valence-electron chi connectivity index (χ1n) is 10.8. The minimum absolute atomic E-state index is 0.303. The summed E-state index contributed by atoms with van der Waals surface area (Å²) in [5.41, 5.74) is 0. The van der Waals surface area contributed by atoms with Crippen molar-refractivity contribution >= 4 is 5.97 Å². The first kappa shape index (κ1) is 23.9. The standard InChI is InChI=1S/C23H42O2/c1-3-5-6-7-8-9-10-11-12-13-14-15-16-17-18-19-20-21-22-25-23(24)4-2/h4,8-9H,2-3,5-7,10-22H2,1H3/b9-8+. The van der Waals surface area contributed by atoms with Gasteiger partial charge < -0.3 is 4.74 Å². The summed E-state index contributed by atoms with van der Waals surface area (Å²) in [4.78, 5) is 10.9. The minimum Gasteiger partial charge on any atom is -0.463 e. The van der Waals surface area contributed by atoms with Gasteiger partial charge in [-0.05, 0) is 32.1 Å². The third kappa shape index (κ3) is 20.9. The molecule has 0 aliphatic rings. The molecule has 0 aliphatic heterocycles. The van der Waals surface area contributed by atoms with Crippen molar-refractivity contribution in [2.45, 2.75) is 110 Å². The van der Waals surface area contributed by atoms with Crippen molar-refractivity contribution in [3.05, 3.63) is 24.8 Å². The van der Waals surface area contributed by atoms with E-state index in [4.69, 9.17) is 4.74 Å². The predicted octanol–water partition coefficient (Wildman–Crippen LogP) is 7.53. The van der Waals surface area contributed by atoms with Crippen LogP contribution in [-0.2, 0) is 9.53 Å². The zero-order valence-electron chi connectivity index (χ0n) is 16.8. The Labute approximate surface area is 157 Å². The molecule has 0 aromatic rings. The molecule has 0 atom stereocenters. The van der Waals surface area contributed by atoms with Gasteiger partial charge in [-0.25, -0.2) is 4.79 Å². The van der Waals surface area contributed by atoms with E-state index in [1.54, 1.807) is 0 Å². The molecule has 0 spiro atoms. The predicted molar refractivity (Wildman–Crippen MR) is 110 cm³/mol. The van der Waals surface area contributed by atoms with E-state index in [1.807, 2.05) is 0 Å². The fourth-order valence-corrected chi connectivity index (χ4v) is 2.93. The summed E-state index contributed by atoms with van der Waals surface area (Å²) >= 11 is 0. The van der Waals surface area contributed by atoms with Crippen molar-refractivity contribution in [1.82, 2.24) is 0 Å². The molecule has 0 amide bonds. The van der Waals surface area contributed by atoms with Gasteiger partial charge in [0.15, 0.2) is 0 Å². The van der Waals surface area contributed by atoms with Crippen LogP contribution in [-0.4, -0.2) is 12.6 Å². The van der Waals surface area contributed by atoms with Crippen LogP contribution in [0.25, 0.3) is 0 Å². The van der Waals surface area contributed by atoms with Crippen LogP contribution in [0.3, 0.4) is 0 Å². The van der Waals surface area contributed by atoms with Gasteiger partial charge in [0.25, 0.3) is 0 Å². The van der Waals surface area contributed by atoms with Crippen molar-refractivity contribution in [2.75, 3.05) is 6.61 Å². The third-order valence-electron chi connectivity index (χ3n) is 4.57. The van der Waals surface area contributed by atoms with Gasteiger partial charge in [-0.3, -0.25) is 0 Å². The number of carbonyl (C=O) groups excluding carboxylic acids is 1. The van der Waals surface area contributed by atoms with Gasteiger partial charge in [-0.2, -0.15) is 0 Å². The van der Waals surface area contributed by atoms with Crippen LogP contribution in [0, 0.1) is 0 Å². The highest BCUT2D eigenvalue weighted by Crippen LogP contribution is 2.12. The van der Waals surface area contributed by atoms with Gasteiger partial charge in [-0.15, -0.1) is 0 Å². The lowest BCUT2D eigenvalue weighted by atomic mass is 10.0. The number of hydrogen-bond donors (Lipinski definition) is 0. The maximum absolute atomic E-state index is 10.9. The number of unbranched alkanes of at least 4 members (excludes halogenated alkanes) is 14. The maximum atomic E-state index is 10.9. The molecular weight excluding hydrogens is 308 g/mol. The summed E-state index contributed by atoms with van der Waals surface area (Å²) in [5, 5.41) is 0. The second-order valence-corrected chi connectivity index (χ2v) is 7.02. The molecule has 0 aromatic heterocycles. The second kappa shape index (κ2) is 21.0. The van der Waals surface area contributed by atoms with Crippen LogP contribution < -0.4 is 0 Å². The monoisotopic (exact) mass is 350 g/mol. The highest BCUT2D eigenvalue weighted by molar-refractivity contribution is 5.81. The van der Waals surface area contributed by atoms with Crippen molar-refractivity contribution < 1.29 is 9.53 Å². The highest BCUT2D eigenvalue weighted by atomic mass is 16.5. The van der Waals surface area contributed by atoms with Crippen molar-refractivity contribution in [2.24, 2.45) is 0 Å². The molecule has 0 radical (unpaired) electrons. The average Bonchev–Trinajstić information content (AvgIpc) is 2.63. The smallest absolute Gasteiger partial charge is 0.330 e. The first-order valence-corrected chi connectivity index (χ1v) is 10.8. The van der Waals surface area contributed by atoms with Crippen LogP contribution in [0.2, 0.25) is 0 Å². The summed E-state index contributed by atoms with van der Waals surface area (Å²) < 4.78 is 4.96. The van der Waals surface area contributed by atoms with Crippen LogP contribution in [0.15, 0.2) is 24.8 Å². The molecule has 0 heterocycles. The number of carbonyl (C=O) groups is 1. The van der Waals surface area contributed by atoms with Crippen LogP contribution in [0.1, 0.15) is 110 Å². The van der Waals surface area contributed by atoms with Crippen molar-refractivity contribution in [3.8, 4) is 0 Å². The quantitative estimate of drug-likeness (QED) is 0.104. The SMILES string of the molecule is C=CC(=O)OCCCCCCCCCCCCC/C=C/CCCCC. The fraction of sp³-hybridized carbons (Fsp3) is 0.783. The molecule has 0 saturated heterocycles. The normalized spacial score (nSPS) is 11.1. The average molecular weight is 351 g/mol. The summed E-state index contributed by atoms with van der Waals surface area (Å²) in [6.07, 6.45) is 27.0. The van der Waals surface area contributed by atoms with E-state index in [2.05, 4.69) is 25.7 Å². The third-order valence-corrected chi connectivity index (χ3v) is 4.57. The first-order chi connectivity index (χ1) is 12.3. The summed E-state index contributed by atoms with van der Waals surface area (Å²) in [6.45, 7) is 6.18. The molecule has 0 fully saturated rings. The molecule has 2 heteroatoms. The highest BCUT2D eigenvalue weighted by Gasteiger charge is 1.96. The largest absolute Gasteiger partial charge is 0.463 e. The molecule has 0 unspecified atom stereocenters. The number of esters is 1. The fourth-order valence-electron chi connectivity index (χ4n) is 2.93. The van der Waals surface area contributed by atoms with Crippen LogP contribution in [0.5, 0.6) is 0 Å². The topological polar surface area (TPSA) is 26.3 Å². The molecule has 25 heavy (non-hydrogen) atoms. The summed E-state index contributed by atoms with van der Waals surface area (Å²) in [5.74, 6) is -0.303. The molecule has 0 N–H and O–H groups in total. The van der Waals surface area contributed by atoms with Gasteiger partial charge in [-0.1, -0.05) is 96.3 Å². The van der Waals surface area contributed by atoms with Gasteiger partial charge >= 0.3 is 5.97 Å².